The second kappa shape index (κ2) is 7.45. The summed E-state index contributed by atoms with van der Waals surface area (Å²) >= 11 is 4.80. The van der Waals surface area contributed by atoms with E-state index in [0.29, 0.717) is 17.5 Å². The molecule has 0 saturated heterocycles. The fourth-order valence-corrected chi connectivity index (χ4v) is 2.98. The highest BCUT2D eigenvalue weighted by Crippen LogP contribution is 2.21. The summed E-state index contributed by atoms with van der Waals surface area (Å²) in [7, 11) is 1.65. The Balaban J connectivity index is 1.75. The van der Waals surface area contributed by atoms with Gasteiger partial charge in [0.15, 0.2) is 0 Å². The largest absolute Gasteiger partial charge is 0.496 e. The summed E-state index contributed by atoms with van der Waals surface area (Å²) in [4.78, 5) is 4.08. The van der Waals surface area contributed by atoms with Crippen molar-refractivity contribution in [1.29, 1.82) is 0 Å². The quantitative estimate of drug-likeness (QED) is 0.484. The van der Waals surface area contributed by atoms with Crippen molar-refractivity contribution in [3.8, 4) is 5.75 Å². The molecule has 0 fully saturated rings. The van der Waals surface area contributed by atoms with Crippen LogP contribution < -0.4 is 15.9 Å². The van der Waals surface area contributed by atoms with Gasteiger partial charge >= 0.3 is 0 Å². The number of hydrogen-bond acceptors (Lipinski definition) is 7. The third-order valence-corrected chi connectivity index (χ3v) is 4.31. The van der Waals surface area contributed by atoms with E-state index >= 15 is 0 Å². The number of thiazole rings is 1. The Morgan fingerprint density at radius 3 is 3.04 bits per heavy atom. The Kier molecular flexibility index (Phi) is 5.11. The molecule has 3 rings (SSSR count). The molecule has 24 heavy (non-hydrogen) atoms. The highest BCUT2D eigenvalue weighted by Gasteiger charge is 2.06. The molecule has 0 aliphatic rings. The van der Waals surface area contributed by atoms with E-state index in [-0.39, 0.29) is 0 Å². The second-order valence-corrected chi connectivity index (χ2v) is 6.65. The van der Waals surface area contributed by atoms with E-state index in [2.05, 4.69) is 36.5 Å². The molecular formula is C15H15BrN6OS. The number of nitrogen functional groups attached to an aromatic ring is 1. The first-order valence-corrected chi connectivity index (χ1v) is 8.66. The zero-order valence-corrected chi connectivity index (χ0v) is 15.2. The van der Waals surface area contributed by atoms with Gasteiger partial charge in [-0.3, -0.25) is 10.1 Å². The second-order valence-electron chi connectivity index (χ2n) is 4.87. The fourth-order valence-electron chi connectivity index (χ4n) is 2.10. The monoisotopic (exact) mass is 406 g/mol. The highest BCUT2D eigenvalue weighted by molar-refractivity contribution is 9.10. The minimum Gasteiger partial charge on any atom is -0.496 e. The van der Waals surface area contributed by atoms with E-state index in [1.54, 1.807) is 24.9 Å². The van der Waals surface area contributed by atoms with Crippen LogP contribution in [0.1, 0.15) is 11.1 Å². The first-order valence-electron chi connectivity index (χ1n) is 6.99. The molecule has 0 atom stereocenters. The maximum atomic E-state index is 5.57. The molecule has 3 N–H and O–H groups in total. The van der Waals surface area contributed by atoms with Gasteiger partial charge in [-0.15, -0.1) is 11.3 Å². The zero-order chi connectivity index (χ0) is 16.9. The standard InChI is InChI=1S/C15H15BrN6OS/c1-23-13-3-2-10(5-18-21-15-20-14(17)9-24-15)4-11(13)7-22-8-12(16)6-19-22/h2-6,8-9H,7,17H2,1H3,(H,20,21). The Morgan fingerprint density at radius 1 is 1.50 bits per heavy atom. The lowest BCUT2D eigenvalue weighted by Gasteiger charge is -2.09. The van der Waals surface area contributed by atoms with Crippen LogP contribution in [0.25, 0.3) is 0 Å². The number of hydrogen-bond donors (Lipinski definition) is 2. The van der Waals surface area contributed by atoms with Gasteiger partial charge in [0.25, 0.3) is 0 Å². The molecular weight excluding hydrogens is 392 g/mol. The number of rotatable bonds is 6. The zero-order valence-electron chi connectivity index (χ0n) is 12.8. The number of hydrazone groups is 1. The van der Waals surface area contributed by atoms with Gasteiger partial charge in [-0.05, 0) is 39.7 Å². The Hall–Kier alpha value is -2.39. The molecule has 7 nitrogen and oxygen atoms in total. The predicted octanol–water partition coefficient (Wildman–Crippen LogP) is 3.19. The number of methoxy groups -OCH3 is 1. The number of halogens is 1. The van der Waals surface area contributed by atoms with Gasteiger partial charge in [0.1, 0.15) is 11.6 Å². The predicted molar refractivity (Wildman–Crippen MR) is 99.8 cm³/mol. The molecule has 0 saturated carbocycles. The van der Waals surface area contributed by atoms with Gasteiger partial charge in [-0.1, -0.05) is 0 Å². The van der Waals surface area contributed by atoms with Gasteiger partial charge < -0.3 is 10.5 Å². The summed E-state index contributed by atoms with van der Waals surface area (Å²) in [6, 6.07) is 5.86. The van der Waals surface area contributed by atoms with Crippen molar-refractivity contribution in [2.24, 2.45) is 5.10 Å². The molecule has 0 aliphatic heterocycles. The fraction of sp³-hybridized carbons (Fsp3) is 0.133. The summed E-state index contributed by atoms with van der Waals surface area (Å²) in [5.41, 5.74) is 10.4. The minimum atomic E-state index is 0.481. The maximum Gasteiger partial charge on any atom is 0.205 e. The van der Waals surface area contributed by atoms with Crippen LogP contribution >= 0.6 is 27.3 Å². The van der Waals surface area contributed by atoms with Gasteiger partial charge in [-0.2, -0.15) is 10.2 Å². The molecule has 0 bridgehead atoms. The van der Waals surface area contributed by atoms with Crippen molar-refractivity contribution in [2.75, 3.05) is 18.3 Å². The van der Waals surface area contributed by atoms with Crippen molar-refractivity contribution >= 4 is 44.4 Å². The van der Waals surface area contributed by atoms with E-state index in [1.807, 2.05) is 29.1 Å². The summed E-state index contributed by atoms with van der Waals surface area (Å²) in [6.45, 7) is 0.604. The molecule has 9 heteroatoms. The number of benzene rings is 1. The summed E-state index contributed by atoms with van der Waals surface area (Å²) in [5.74, 6) is 1.29. The lowest BCUT2D eigenvalue weighted by atomic mass is 10.1. The molecule has 1 aromatic carbocycles. The maximum absolute atomic E-state index is 5.57. The van der Waals surface area contributed by atoms with Gasteiger partial charge in [0, 0.05) is 17.1 Å². The molecule has 0 aliphatic carbocycles. The Morgan fingerprint density at radius 2 is 2.38 bits per heavy atom. The van der Waals surface area contributed by atoms with Crippen LogP contribution in [0, 0.1) is 0 Å². The minimum absolute atomic E-state index is 0.481. The molecule has 0 radical (unpaired) electrons. The summed E-state index contributed by atoms with van der Waals surface area (Å²) in [5, 5.41) is 10.9. The molecule has 3 aromatic rings. The average molecular weight is 407 g/mol. The van der Waals surface area contributed by atoms with Crippen LogP contribution in [0.15, 0.2) is 45.5 Å². The Bertz CT molecular complexity index is 859. The molecule has 2 heterocycles. The summed E-state index contributed by atoms with van der Waals surface area (Å²) in [6.07, 6.45) is 5.38. The summed E-state index contributed by atoms with van der Waals surface area (Å²) < 4.78 is 8.19. The van der Waals surface area contributed by atoms with Gasteiger partial charge in [-0.25, -0.2) is 4.98 Å². The lowest BCUT2D eigenvalue weighted by molar-refractivity contribution is 0.407. The topological polar surface area (TPSA) is 90.4 Å². The number of ether oxygens (including phenoxy) is 1. The van der Waals surface area contributed by atoms with E-state index < -0.39 is 0 Å². The first-order chi connectivity index (χ1) is 11.6. The Labute approximate surface area is 151 Å². The smallest absolute Gasteiger partial charge is 0.205 e. The molecule has 0 amide bonds. The SMILES string of the molecule is COc1ccc(C=NNc2nc(N)cs2)cc1Cn1cc(Br)cn1. The van der Waals surface area contributed by atoms with Crippen LogP contribution in [0.2, 0.25) is 0 Å². The lowest BCUT2D eigenvalue weighted by Crippen LogP contribution is -2.03. The molecule has 124 valence electrons. The van der Waals surface area contributed by atoms with Crippen LogP contribution in [-0.2, 0) is 6.54 Å². The molecule has 0 unspecified atom stereocenters. The van der Waals surface area contributed by atoms with E-state index in [0.717, 1.165) is 21.3 Å². The van der Waals surface area contributed by atoms with Crippen LogP contribution in [0.5, 0.6) is 5.75 Å². The number of nitrogens with two attached hydrogens (primary N) is 1. The van der Waals surface area contributed by atoms with Gasteiger partial charge in [0.05, 0.1) is 30.5 Å². The van der Waals surface area contributed by atoms with Crippen molar-refractivity contribution in [1.82, 2.24) is 14.8 Å². The van der Waals surface area contributed by atoms with Crippen molar-refractivity contribution < 1.29 is 4.74 Å². The highest BCUT2D eigenvalue weighted by atomic mass is 79.9. The number of nitrogens with one attached hydrogen (secondary N) is 1. The van der Waals surface area contributed by atoms with Crippen molar-refractivity contribution in [2.45, 2.75) is 6.54 Å². The van der Waals surface area contributed by atoms with Gasteiger partial charge in [0.2, 0.25) is 5.13 Å². The number of aromatic nitrogens is 3. The third-order valence-electron chi connectivity index (χ3n) is 3.13. The average Bonchev–Trinajstić information content (AvgIpc) is 3.16. The molecule has 2 aromatic heterocycles. The van der Waals surface area contributed by atoms with E-state index in [9.17, 15) is 0 Å². The van der Waals surface area contributed by atoms with Crippen LogP contribution in [-0.4, -0.2) is 28.1 Å². The number of nitrogens with zero attached hydrogens (tertiary/aromatic N) is 4. The normalized spacial score (nSPS) is 11.1. The third kappa shape index (κ3) is 4.12. The van der Waals surface area contributed by atoms with Crippen molar-refractivity contribution in [3.63, 3.8) is 0 Å². The van der Waals surface area contributed by atoms with E-state index in [4.69, 9.17) is 10.5 Å². The van der Waals surface area contributed by atoms with Crippen molar-refractivity contribution in [3.05, 3.63) is 51.6 Å². The van der Waals surface area contributed by atoms with Crippen LogP contribution in [0.4, 0.5) is 10.9 Å². The van der Waals surface area contributed by atoms with E-state index in [1.165, 1.54) is 11.3 Å². The number of anilines is 2. The van der Waals surface area contributed by atoms with Crippen LogP contribution in [0.3, 0.4) is 0 Å². The molecule has 0 spiro atoms. The first kappa shape index (κ1) is 16.5.